The zero-order valence-corrected chi connectivity index (χ0v) is 14.8. The van der Waals surface area contributed by atoms with E-state index in [-0.39, 0.29) is 0 Å². The van der Waals surface area contributed by atoms with Crippen molar-refractivity contribution in [2.24, 2.45) is 40.4 Å². The van der Waals surface area contributed by atoms with Crippen molar-refractivity contribution in [2.45, 2.75) is 72.6 Å². The molecule has 3 fully saturated rings. The maximum atomic E-state index is 11.9. The number of hydrogen-bond donors (Lipinski definition) is 0. The van der Waals surface area contributed by atoms with Gasteiger partial charge in [-0.1, -0.05) is 33.3 Å². The van der Waals surface area contributed by atoms with Crippen LogP contribution in [0.2, 0.25) is 0 Å². The Hall–Kier alpha value is -0.590. The van der Waals surface area contributed by atoms with Crippen LogP contribution in [0.25, 0.3) is 0 Å². The molecule has 7 atom stereocenters. The molecular formula is C21H32O. The Balaban J connectivity index is 1.74. The van der Waals surface area contributed by atoms with E-state index >= 15 is 0 Å². The first-order chi connectivity index (χ1) is 10.4. The van der Waals surface area contributed by atoms with Gasteiger partial charge < -0.3 is 0 Å². The number of fused-ring (bicyclic) bond motifs is 5. The van der Waals surface area contributed by atoms with Gasteiger partial charge in [0.25, 0.3) is 0 Å². The van der Waals surface area contributed by atoms with Gasteiger partial charge in [0.1, 0.15) is 0 Å². The molecule has 3 saturated carbocycles. The molecule has 0 N–H and O–H groups in total. The predicted octanol–water partition coefficient (Wildman–Crippen LogP) is 5.40. The van der Waals surface area contributed by atoms with Gasteiger partial charge in [0.2, 0.25) is 0 Å². The van der Waals surface area contributed by atoms with Crippen molar-refractivity contribution in [3.8, 4) is 0 Å². The average Bonchev–Trinajstić information content (AvgIpc) is 2.77. The molecule has 1 heteroatoms. The topological polar surface area (TPSA) is 17.1 Å². The van der Waals surface area contributed by atoms with Gasteiger partial charge in [0.15, 0.2) is 5.78 Å². The maximum Gasteiger partial charge on any atom is 0.155 e. The summed E-state index contributed by atoms with van der Waals surface area (Å²) in [5, 5.41) is 0. The lowest BCUT2D eigenvalue weighted by Gasteiger charge is -2.60. The summed E-state index contributed by atoms with van der Waals surface area (Å²) in [4.78, 5) is 11.9. The van der Waals surface area contributed by atoms with Crippen LogP contribution in [0.1, 0.15) is 72.6 Å². The molecule has 0 aromatic heterocycles. The van der Waals surface area contributed by atoms with E-state index in [4.69, 9.17) is 0 Å². The van der Waals surface area contributed by atoms with E-state index in [2.05, 4.69) is 27.7 Å². The highest BCUT2D eigenvalue weighted by Crippen LogP contribution is 2.67. The Morgan fingerprint density at radius 1 is 1.05 bits per heavy atom. The number of carbonyl (C=O) groups excluding carboxylic acids is 1. The predicted molar refractivity (Wildman–Crippen MR) is 90.4 cm³/mol. The second kappa shape index (κ2) is 4.71. The van der Waals surface area contributed by atoms with Crippen LogP contribution in [0, 0.1) is 40.4 Å². The van der Waals surface area contributed by atoms with Gasteiger partial charge >= 0.3 is 0 Å². The van der Waals surface area contributed by atoms with Crippen molar-refractivity contribution in [3.63, 3.8) is 0 Å². The van der Waals surface area contributed by atoms with Gasteiger partial charge in [-0.15, -0.1) is 0 Å². The summed E-state index contributed by atoms with van der Waals surface area (Å²) >= 11 is 0. The van der Waals surface area contributed by atoms with E-state index in [0.717, 1.165) is 42.4 Å². The maximum absolute atomic E-state index is 11.9. The SMILES string of the molecule is CC1CC2=CC(=O)CC[C@]2(C)[C@H]2CC[C@]3(C)C(C)CC[C@H]3[C@H]12. The highest BCUT2D eigenvalue weighted by atomic mass is 16.1. The van der Waals surface area contributed by atoms with E-state index in [1.165, 1.54) is 37.7 Å². The summed E-state index contributed by atoms with van der Waals surface area (Å²) in [5.74, 6) is 4.73. The van der Waals surface area contributed by atoms with Crippen LogP contribution in [0.3, 0.4) is 0 Å². The molecule has 0 aromatic carbocycles. The van der Waals surface area contributed by atoms with Crippen LogP contribution in [-0.2, 0) is 4.79 Å². The lowest BCUT2D eigenvalue weighted by Crippen LogP contribution is -2.53. The fourth-order valence-electron chi connectivity index (χ4n) is 7.17. The smallest absolute Gasteiger partial charge is 0.155 e. The van der Waals surface area contributed by atoms with E-state index in [1.807, 2.05) is 6.08 Å². The third kappa shape index (κ3) is 1.80. The molecule has 4 aliphatic rings. The molecule has 0 amide bonds. The van der Waals surface area contributed by atoms with Gasteiger partial charge in [-0.05, 0) is 85.0 Å². The van der Waals surface area contributed by atoms with Gasteiger partial charge in [0.05, 0.1) is 0 Å². The average molecular weight is 300 g/mol. The fourth-order valence-corrected chi connectivity index (χ4v) is 7.17. The summed E-state index contributed by atoms with van der Waals surface area (Å²) in [6, 6.07) is 0. The summed E-state index contributed by atoms with van der Waals surface area (Å²) in [6.45, 7) is 10.1. The van der Waals surface area contributed by atoms with E-state index in [9.17, 15) is 4.79 Å². The molecule has 22 heavy (non-hydrogen) atoms. The fraction of sp³-hybridized carbons (Fsp3) is 0.857. The molecule has 0 heterocycles. The number of carbonyl (C=O) groups is 1. The van der Waals surface area contributed by atoms with E-state index in [0.29, 0.717) is 16.6 Å². The summed E-state index contributed by atoms with van der Waals surface area (Å²) < 4.78 is 0. The molecule has 0 saturated heterocycles. The van der Waals surface area contributed by atoms with Crippen LogP contribution in [0.5, 0.6) is 0 Å². The molecule has 1 nitrogen and oxygen atoms in total. The molecule has 0 bridgehead atoms. The highest BCUT2D eigenvalue weighted by Gasteiger charge is 2.59. The normalized spacial score (nSPS) is 54.3. The van der Waals surface area contributed by atoms with Gasteiger partial charge in [0, 0.05) is 6.42 Å². The quantitative estimate of drug-likeness (QED) is 0.585. The Morgan fingerprint density at radius 2 is 1.82 bits per heavy atom. The van der Waals surface area contributed by atoms with Crippen molar-refractivity contribution in [1.29, 1.82) is 0 Å². The van der Waals surface area contributed by atoms with Gasteiger partial charge in [-0.3, -0.25) is 4.79 Å². The summed E-state index contributed by atoms with van der Waals surface area (Å²) in [6.07, 6.45) is 10.8. The minimum atomic E-state index is 0.332. The first kappa shape index (κ1) is 15.0. The molecule has 2 unspecified atom stereocenters. The molecule has 0 aliphatic heterocycles. The van der Waals surface area contributed by atoms with Crippen LogP contribution in [-0.4, -0.2) is 5.78 Å². The number of ketones is 1. The third-order valence-corrected chi connectivity index (χ3v) is 8.78. The Morgan fingerprint density at radius 3 is 2.59 bits per heavy atom. The molecule has 0 aromatic rings. The van der Waals surface area contributed by atoms with Crippen LogP contribution >= 0.6 is 0 Å². The molecule has 0 spiro atoms. The first-order valence-electron chi connectivity index (χ1n) is 9.60. The zero-order valence-electron chi connectivity index (χ0n) is 14.8. The zero-order chi connectivity index (χ0) is 15.7. The Labute approximate surface area is 135 Å². The van der Waals surface area contributed by atoms with E-state index in [1.54, 1.807) is 0 Å². The van der Waals surface area contributed by atoms with Gasteiger partial charge in [-0.2, -0.15) is 0 Å². The number of allylic oxidation sites excluding steroid dienone is 1. The minimum Gasteiger partial charge on any atom is -0.295 e. The molecule has 4 aliphatic carbocycles. The minimum absolute atomic E-state index is 0.332. The molecule has 122 valence electrons. The van der Waals surface area contributed by atoms with E-state index < -0.39 is 0 Å². The third-order valence-electron chi connectivity index (χ3n) is 8.78. The Kier molecular flexibility index (Phi) is 3.20. The van der Waals surface area contributed by atoms with Gasteiger partial charge in [-0.25, -0.2) is 0 Å². The van der Waals surface area contributed by atoms with Crippen molar-refractivity contribution in [3.05, 3.63) is 11.6 Å². The largest absolute Gasteiger partial charge is 0.295 e. The summed E-state index contributed by atoms with van der Waals surface area (Å²) in [5.41, 5.74) is 2.43. The van der Waals surface area contributed by atoms with Crippen molar-refractivity contribution >= 4 is 5.78 Å². The van der Waals surface area contributed by atoms with Crippen molar-refractivity contribution in [2.75, 3.05) is 0 Å². The monoisotopic (exact) mass is 300 g/mol. The van der Waals surface area contributed by atoms with Crippen LogP contribution in [0.4, 0.5) is 0 Å². The van der Waals surface area contributed by atoms with Crippen molar-refractivity contribution in [1.82, 2.24) is 0 Å². The van der Waals surface area contributed by atoms with Crippen LogP contribution < -0.4 is 0 Å². The Bertz CT molecular complexity index is 532. The lowest BCUT2D eigenvalue weighted by atomic mass is 9.45. The van der Waals surface area contributed by atoms with Crippen molar-refractivity contribution < 1.29 is 4.79 Å². The molecular weight excluding hydrogens is 268 g/mol. The summed E-state index contributed by atoms with van der Waals surface area (Å²) in [7, 11) is 0. The number of hydrogen-bond acceptors (Lipinski definition) is 1. The number of rotatable bonds is 0. The second-order valence-electron chi connectivity index (χ2n) is 9.55. The standard InChI is InChI=1S/C21H32O/c1-13-11-15-12-16(22)7-9-21(15,4)18-8-10-20(3)14(2)5-6-17(20)19(13)18/h12-14,17-19H,5-11H2,1-4H3/t13?,14?,17-,18-,19-,20+,21-/m0/s1. The highest BCUT2D eigenvalue weighted by molar-refractivity contribution is 5.91. The molecule has 4 rings (SSSR count). The first-order valence-corrected chi connectivity index (χ1v) is 9.60. The van der Waals surface area contributed by atoms with Crippen LogP contribution in [0.15, 0.2) is 11.6 Å². The lowest BCUT2D eigenvalue weighted by molar-refractivity contribution is -0.118. The second-order valence-corrected chi connectivity index (χ2v) is 9.55. The molecule has 0 radical (unpaired) electrons.